The Morgan fingerprint density at radius 2 is 1.56 bits per heavy atom. The molecule has 0 aromatic heterocycles. The van der Waals surface area contributed by atoms with E-state index in [4.69, 9.17) is 9.47 Å². The van der Waals surface area contributed by atoms with Gasteiger partial charge in [0.2, 0.25) is 5.79 Å². The van der Waals surface area contributed by atoms with Crippen molar-refractivity contribution in [1.82, 2.24) is 0 Å². The zero-order valence-corrected chi connectivity index (χ0v) is 14.6. The molecule has 0 N–H and O–H groups in total. The zero-order chi connectivity index (χ0) is 17.3. The Bertz CT molecular complexity index is 662. The van der Waals surface area contributed by atoms with Crippen LogP contribution in [0.5, 0.6) is 0 Å². The summed E-state index contributed by atoms with van der Waals surface area (Å²) in [6, 6.07) is 20.0. The van der Waals surface area contributed by atoms with Crippen molar-refractivity contribution in [3.8, 4) is 0 Å². The van der Waals surface area contributed by atoms with E-state index in [0.29, 0.717) is 13.2 Å². The molecule has 2 saturated heterocycles. The highest BCUT2D eigenvalue weighted by molar-refractivity contribution is 5.34. The molecule has 0 amide bonds. The number of hydrogen-bond donors (Lipinski definition) is 0. The van der Waals surface area contributed by atoms with Gasteiger partial charge in [0.25, 0.3) is 0 Å². The quantitative estimate of drug-likeness (QED) is 0.631. The third-order valence-electron chi connectivity index (χ3n) is 5.56. The van der Waals surface area contributed by atoms with E-state index in [2.05, 4.69) is 0 Å². The lowest BCUT2D eigenvalue weighted by atomic mass is 9.96. The Morgan fingerprint density at radius 3 is 2.12 bits per heavy atom. The number of hydroxylamine groups is 3. The first-order valence-electron chi connectivity index (χ1n) is 9.11. The van der Waals surface area contributed by atoms with Gasteiger partial charge in [-0.15, -0.1) is 0 Å². The Morgan fingerprint density at radius 1 is 0.960 bits per heavy atom. The average Bonchev–Trinajstić information content (AvgIpc) is 3.09. The Balaban J connectivity index is 1.70. The first-order chi connectivity index (χ1) is 12.1. The summed E-state index contributed by atoms with van der Waals surface area (Å²) in [5, 5.41) is 12.9. The van der Waals surface area contributed by atoms with Gasteiger partial charge in [0.05, 0.1) is 20.2 Å². The monoisotopic (exact) mass is 339 g/mol. The third kappa shape index (κ3) is 3.00. The van der Waals surface area contributed by atoms with E-state index in [1.165, 1.54) is 0 Å². The second-order valence-electron chi connectivity index (χ2n) is 7.28. The van der Waals surface area contributed by atoms with Crippen molar-refractivity contribution >= 4 is 0 Å². The van der Waals surface area contributed by atoms with Crippen LogP contribution in [-0.4, -0.2) is 37.0 Å². The lowest BCUT2D eigenvalue weighted by Gasteiger charge is -2.50. The van der Waals surface area contributed by atoms with E-state index >= 15 is 0 Å². The molecule has 2 fully saturated rings. The average molecular weight is 339 g/mol. The number of likely N-dealkylation sites (tertiary alicyclic amines) is 1. The predicted molar refractivity (Wildman–Crippen MR) is 96.5 cm³/mol. The first-order valence-corrected chi connectivity index (χ1v) is 9.11. The smallest absolute Gasteiger partial charge is 0.223 e. The van der Waals surface area contributed by atoms with Crippen LogP contribution in [0.4, 0.5) is 0 Å². The molecular formula is C21H25NO3. The van der Waals surface area contributed by atoms with Gasteiger partial charge in [0, 0.05) is 17.5 Å². The molecule has 0 aliphatic carbocycles. The Hall–Kier alpha value is -1.72. The topological polar surface area (TPSA) is 41.5 Å². The molecule has 0 saturated carbocycles. The van der Waals surface area contributed by atoms with Crippen molar-refractivity contribution in [1.29, 1.82) is 0 Å². The van der Waals surface area contributed by atoms with Crippen molar-refractivity contribution in [2.45, 2.75) is 37.2 Å². The van der Waals surface area contributed by atoms with Gasteiger partial charge < -0.3 is 19.3 Å². The van der Waals surface area contributed by atoms with Gasteiger partial charge in [0.15, 0.2) is 0 Å². The van der Waals surface area contributed by atoms with Gasteiger partial charge in [-0.2, -0.15) is 0 Å². The number of benzene rings is 2. The first kappa shape index (κ1) is 16.7. The van der Waals surface area contributed by atoms with Crippen LogP contribution in [0.3, 0.4) is 0 Å². The summed E-state index contributed by atoms with van der Waals surface area (Å²) in [5.74, 6) is -0.926. The molecule has 2 aliphatic rings. The van der Waals surface area contributed by atoms with Crippen LogP contribution in [0.15, 0.2) is 60.7 Å². The van der Waals surface area contributed by atoms with E-state index in [9.17, 15) is 5.21 Å². The Labute approximate surface area is 149 Å². The molecule has 4 heteroatoms. The van der Waals surface area contributed by atoms with Gasteiger partial charge in [-0.3, -0.25) is 0 Å². The lowest BCUT2D eigenvalue weighted by molar-refractivity contribution is -0.895. The summed E-state index contributed by atoms with van der Waals surface area (Å²) in [5.41, 5.74) is 1.94. The van der Waals surface area contributed by atoms with Crippen LogP contribution in [0, 0.1) is 5.21 Å². The van der Waals surface area contributed by atoms with E-state index in [-0.39, 0.29) is 16.8 Å². The molecule has 2 heterocycles. The molecule has 3 atom stereocenters. The summed E-state index contributed by atoms with van der Waals surface area (Å²) in [7, 11) is 1.78. The van der Waals surface area contributed by atoms with Gasteiger partial charge in [-0.1, -0.05) is 60.7 Å². The minimum Gasteiger partial charge on any atom is -0.633 e. The SMILES string of the molecule is C[N+]1([O-])CCCCC1[C@@H]1COC(c2ccccc2)(c2ccccc2)O1. The summed E-state index contributed by atoms with van der Waals surface area (Å²) in [6.45, 7) is 1.11. The van der Waals surface area contributed by atoms with Gasteiger partial charge >= 0.3 is 0 Å². The molecule has 0 bridgehead atoms. The number of nitrogens with zero attached hydrogens (tertiary/aromatic N) is 1. The zero-order valence-electron chi connectivity index (χ0n) is 14.6. The maximum absolute atomic E-state index is 12.9. The van der Waals surface area contributed by atoms with E-state index < -0.39 is 5.79 Å². The molecule has 25 heavy (non-hydrogen) atoms. The van der Waals surface area contributed by atoms with Crippen LogP contribution in [0.25, 0.3) is 0 Å². The summed E-state index contributed by atoms with van der Waals surface area (Å²) in [4.78, 5) is 0. The number of likely N-dealkylation sites (N-methyl/N-ethyl adjacent to an activating group) is 1. The fourth-order valence-corrected chi connectivity index (χ4v) is 4.21. The maximum atomic E-state index is 12.9. The summed E-state index contributed by atoms with van der Waals surface area (Å²) in [6.07, 6.45) is 2.79. The molecule has 2 aliphatic heterocycles. The summed E-state index contributed by atoms with van der Waals surface area (Å²) >= 11 is 0. The van der Waals surface area contributed by atoms with Gasteiger partial charge in [-0.05, 0) is 12.8 Å². The molecule has 0 spiro atoms. The lowest BCUT2D eigenvalue weighted by Crippen LogP contribution is -2.56. The second kappa shape index (κ2) is 6.54. The number of hydrogen-bond acceptors (Lipinski definition) is 3. The molecule has 4 rings (SSSR count). The normalized spacial score (nSPS) is 31.8. The van der Waals surface area contributed by atoms with Crippen molar-refractivity contribution in [2.75, 3.05) is 20.2 Å². The highest BCUT2D eigenvalue weighted by atomic mass is 16.7. The molecule has 4 nitrogen and oxygen atoms in total. The fraction of sp³-hybridized carbons (Fsp3) is 0.429. The molecule has 132 valence electrons. The maximum Gasteiger partial charge on any atom is 0.223 e. The van der Waals surface area contributed by atoms with Crippen molar-refractivity contribution in [3.05, 3.63) is 77.0 Å². The van der Waals surface area contributed by atoms with Crippen molar-refractivity contribution in [2.24, 2.45) is 0 Å². The Kier molecular flexibility index (Phi) is 4.38. The number of piperidine rings is 1. The van der Waals surface area contributed by atoms with Crippen molar-refractivity contribution < 1.29 is 14.1 Å². The fourth-order valence-electron chi connectivity index (χ4n) is 4.21. The van der Waals surface area contributed by atoms with E-state index in [1.54, 1.807) is 7.05 Å². The number of rotatable bonds is 3. The standard InChI is InChI=1S/C21H25NO3/c1-22(23)15-9-8-14-19(22)20-16-24-21(25-20,17-10-4-2-5-11-17)18-12-6-3-7-13-18/h2-7,10-13,19-20H,8-9,14-16H2,1H3/t19?,20-,22?/m0/s1. The summed E-state index contributed by atoms with van der Waals surface area (Å²) < 4.78 is 12.6. The second-order valence-corrected chi connectivity index (χ2v) is 7.28. The predicted octanol–water partition coefficient (Wildman–Crippen LogP) is 3.80. The molecule has 2 aromatic rings. The van der Waals surface area contributed by atoms with Gasteiger partial charge in [0.1, 0.15) is 12.1 Å². The van der Waals surface area contributed by atoms with Gasteiger partial charge in [-0.25, -0.2) is 0 Å². The molecule has 2 aromatic carbocycles. The van der Waals surface area contributed by atoms with Crippen LogP contribution in [-0.2, 0) is 15.3 Å². The minimum atomic E-state index is -0.926. The van der Waals surface area contributed by atoms with Crippen LogP contribution in [0.2, 0.25) is 0 Å². The largest absolute Gasteiger partial charge is 0.633 e. The number of quaternary nitrogens is 1. The van der Waals surface area contributed by atoms with Crippen LogP contribution >= 0.6 is 0 Å². The number of ether oxygens (including phenoxy) is 2. The van der Waals surface area contributed by atoms with Crippen molar-refractivity contribution in [3.63, 3.8) is 0 Å². The van der Waals surface area contributed by atoms with Crippen LogP contribution < -0.4 is 0 Å². The molecule has 0 radical (unpaired) electrons. The third-order valence-corrected chi connectivity index (χ3v) is 5.56. The highest BCUT2D eigenvalue weighted by Gasteiger charge is 2.50. The minimum absolute atomic E-state index is 0.0666. The molecular weight excluding hydrogens is 314 g/mol. The molecule has 2 unspecified atom stereocenters. The van der Waals surface area contributed by atoms with E-state index in [0.717, 1.165) is 30.4 Å². The highest BCUT2D eigenvalue weighted by Crippen LogP contribution is 2.43. The van der Waals surface area contributed by atoms with Crippen LogP contribution in [0.1, 0.15) is 30.4 Å². The van der Waals surface area contributed by atoms with E-state index in [1.807, 2.05) is 60.7 Å².